The molecule has 126 valence electrons. The van der Waals surface area contributed by atoms with Gasteiger partial charge < -0.3 is 10.3 Å². The third kappa shape index (κ3) is 3.57. The third-order valence-corrected chi connectivity index (χ3v) is 4.64. The van der Waals surface area contributed by atoms with Crippen molar-refractivity contribution in [3.05, 3.63) is 69.1 Å². The number of aryl methyl sites for hydroxylation is 1. The second-order valence-corrected chi connectivity index (χ2v) is 6.43. The van der Waals surface area contributed by atoms with E-state index in [1.807, 2.05) is 0 Å². The van der Waals surface area contributed by atoms with Crippen molar-refractivity contribution in [1.29, 1.82) is 0 Å². The molecule has 24 heavy (non-hydrogen) atoms. The van der Waals surface area contributed by atoms with E-state index >= 15 is 0 Å². The molecular formula is C19H23N3O2. The van der Waals surface area contributed by atoms with Crippen LogP contribution in [0.4, 0.5) is 0 Å². The summed E-state index contributed by atoms with van der Waals surface area (Å²) in [7, 11) is 0. The van der Waals surface area contributed by atoms with Crippen molar-refractivity contribution in [3.8, 4) is 0 Å². The summed E-state index contributed by atoms with van der Waals surface area (Å²) in [6, 6.07) is 12.0. The number of amides is 1. The van der Waals surface area contributed by atoms with Gasteiger partial charge in [0.1, 0.15) is 5.56 Å². The van der Waals surface area contributed by atoms with E-state index in [9.17, 15) is 9.59 Å². The van der Waals surface area contributed by atoms with Crippen LogP contribution in [0, 0.1) is 6.92 Å². The minimum Gasteiger partial charge on any atom is -0.350 e. The standard InChI is InChI=1S/C19H23N3O2/c1-13-7-8-17(19(24)21-13)18(23)20-11-14(2)22-10-9-15-5-3-4-6-16(15)12-22/h3-8,14H,9-12H2,1-2H3,(H,20,23)(H,21,24)/t14-/m1/s1. The number of benzene rings is 1. The van der Waals surface area contributed by atoms with Crippen LogP contribution in [0.15, 0.2) is 41.2 Å². The van der Waals surface area contributed by atoms with E-state index in [2.05, 4.69) is 46.4 Å². The molecule has 2 N–H and O–H groups in total. The Bertz CT molecular complexity index is 797. The van der Waals surface area contributed by atoms with Gasteiger partial charge in [-0.25, -0.2) is 0 Å². The highest BCUT2D eigenvalue weighted by molar-refractivity contribution is 5.93. The summed E-state index contributed by atoms with van der Waals surface area (Å²) in [5.41, 5.74) is 3.34. The maximum atomic E-state index is 12.2. The Labute approximate surface area is 141 Å². The molecule has 0 fully saturated rings. The summed E-state index contributed by atoms with van der Waals surface area (Å²) in [5.74, 6) is -0.319. The Morgan fingerprint density at radius 3 is 2.75 bits per heavy atom. The molecule has 0 spiro atoms. The number of rotatable bonds is 4. The number of carbonyl (C=O) groups excluding carboxylic acids is 1. The molecule has 0 radical (unpaired) electrons. The van der Waals surface area contributed by atoms with E-state index < -0.39 is 0 Å². The zero-order valence-corrected chi connectivity index (χ0v) is 14.1. The number of carbonyl (C=O) groups is 1. The van der Waals surface area contributed by atoms with E-state index in [-0.39, 0.29) is 23.1 Å². The molecule has 3 rings (SSSR count). The van der Waals surface area contributed by atoms with Crippen molar-refractivity contribution in [2.75, 3.05) is 13.1 Å². The van der Waals surface area contributed by atoms with Crippen LogP contribution in [-0.4, -0.2) is 34.9 Å². The van der Waals surface area contributed by atoms with Crippen molar-refractivity contribution >= 4 is 5.91 Å². The SMILES string of the molecule is Cc1ccc(C(=O)NC[C@@H](C)N2CCc3ccccc3C2)c(=O)[nH]1. The summed E-state index contributed by atoms with van der Waals surface area (Å²) in [6.07, 6.45) is 1.03. The average Bonchev–Trinajstić information content (AvgIpc) is 2.59. The zero-order valence-electron chi connectivity index (χ0n) is 14.1. The summed E-state index contributed by atoms with van der Waals surface area (Å²) >= 11 is 0. The van der Waals surface area contributed by atoms with E-state index in [0.29, 0.717) is 6.54 Å². The van der Waals surface area contributed by atoms with Gasteiger partial charge in [0.2, 0.25) is 0 Å². The van der Waals surface area contributed by atoms with Crippen LogP contribution in [-0.2, 0) is 13.0 Å². The topological polar surface area (TPSA) is 65.2 Å². The lowest BCUT2D eigenvalue weighted by Gasteiger charge is -2.33. The van der Waals surface area contributed by atoms with Gasteiger partial charge in [-0.2, -0.15) is 0 Å². The van der Waals surface area contributed by atoms with E-state index in [1.54, 1.807) is 19.1 Å². The Morgan fingerprint density at radius 2 is 2.00 bits per heavy atom. The minimum absolute atomic E-state index is 0.164. The number of aromatic nitrogens is 1. The van der Waals surface area contributed by atoms with Gasteiger partial charge in [-0.05, 0) is 43.5 Å². The predicted octanol–water partition coefficient (Wildman–Crippen LogP) is 1.86. The zero-order chi connectivity index (χ0) is 17.1. The molecule has 2 aromatic rings. The molecule has 1 amide bonds. The van der Waals surface area contributed by atoms with Gasteiger partial charge in [-0.3, -0.25) is 14.5 Å². The monoisotopic (exact) mass is 325 g/mol. The molecule has 1 aromatic carbocycles. The fourth-order valence-electron chi connectivity index (χ4n) is 3.11. The van der Waals surface area contributed by atoms with Crippen LogP contribution < -0.4 is 10.9 Å². The molecule has 1 aliphatic heterocycles. The number of fused-ring (bicyclic) bond motifs is 1. The number of hydrogen-bond acceptors (Lipinski definition) is 3. The second kappa shape index (κ2) is 7.01. The number of pyridine rings is 1. The quantitative estimate of drug-likeness (QED) is 0.902. The van der Waals surface area contributed by atoms with Gasteiger partial charge in [-0.1, -0.05) is 24.3 Å². The highest BCUT2D eigenvalue weighted by Gasteiger charge is 2.21. The largest absolute Gasteiger partial charge is 0.350 e. The van der Waals surface area contributed by atoms with Crippen LogP contribution in [0.2, 0.25) is 0 Å². The lowest BCUT2D eigenvalue weighted by molar-refractivity contribution is 0.0931. The van der Waals surface area contributed by atoms with Crippen LogP contribution in [0.25, 0.3) is 0 Å². The average molecular weight is 325 g/mol. The Kier molecular flexibility index (Phi) is 4.81. The third-order valence-electron chi connectivity index (χ3n) is 4.64. The van der Waals surface area contributed by atoms with Crippen molar-refractivity contribution < 1.29 is 4.79 Å². The fraction of sp³-hybridized carbons (Fsp3) is 0.368. The Hall–Kier alpha value is -2.40. The van der Waals surface area contributed by atoms with Gasteiger partial charge in [0.15, 0.2) is 0 Å². The molecule has 5 nitrogen and oxygen atoms in total. The van der Waals surface area contributed by atoms with Crippen molar-refractivity contribution in [2.24, 2.45) is 0 Å². The van der Waals surface area contributed by atoms with Gasteiger partial charge in [0.05, 0.1) is 0 Å². The number of nitrogens with zero attached hydrogens (tertiary/aromatic N) is 1. The Morgan fingerprint density at radius 1 is 1.25 bits per heavy atom. The van der Waals surface area contributed by atoms with Crippen LogP contribution in [0.5, 0.6) is 0 Å². The first-order valence-corrected chi connectivity index (χ1v) is 8.33. The predicted molar refractivity (Wildman–Crippen MR) is 94.2 cm³/mol. The molecule has 2 heterocycles. The number of nitrogens with one attached hydrogen (secondary N) is 2. The fourth-order valence-corrected chi connectivity index (χ4v) is 3.11. The molecule has 0 saturated carbocycles. The molecule has 1 aliphatic rings. The molecular weight excluding hydrogens is 302 g/mol. The molecule has 5 heteroatoms. The van der Waals surface area contributed by atoms with Crippen LogP contribution in [0.3, 0.4) is 0 Å². The first-order chi connectivity index (χ1) is 11.5. The maximum Gasteiger partial charge on any atom is 0.260 e. The lowest BCUT2D eigenvalue weighted by Crippen LogP contribution is -2.45. The van der Waals surface area contributed by atoms with Gasteiger partial charge in [0, 0.05) is 31.4 Å². The lowest BCUT2D eigenvalue weighted by atomic mass is 9.99. The first kappa shape index (κ1) is 16.5. The van der Waals surface area contributed by atoms with Crippen LogP contribution >= 0.6 is 0 Å². The molecule has 0 unspecified atom stereocenters. The highest BCUT2D eigenvalue weighted by atomic mass is 16.2. The van der Waals surface area contributed by atoms with Crippen LogP contribution in [0.1, 0.15) is 34.1 Å². The summed E-state index contributed by atoms with van der Waals surface area (Å²) < 4.78 is 0. The molecule has 0 saturated heterocycles. The number of H-pyrrole nitrogens is 1. The first-order valence-electron chi connectivity index (χ1n) is 8.33. The normalized spacial score (nSPS) is 15.6. The summed E-state index contributed by atoms with van der Waals surface area (Å²) in [5, 5.41) is 2.88. The van der Waals surface area contributed by atoms with Crippen molar-refractivity contribution in [2.45, 2.75) is 32.9 Å². The van der Waals surface area contributed by atoms with E-state index in [0.717, 1.165) is 25.2 Å². The highest BCUT2D eigenvalue weighted by Crippen LogP contribution is 2.19. The maximum absolute atomic E-state index is 12.2. The van der Waals surface area contributed by atoms with E-state index in [4.69, 9.17) is 0 Å². The van der Waals surface area contributed by atoms with Crippen molar-refractivity contribution in [3.63, 3.8) is 0 Å². The molecule has 0 bridgehead atoms. The summed E-state index contributed by atoms with van der Waals surface area (Å²) in [6.45, 7) is 6.30. The Balaban J connectivity index is 1.59. The van der Waals surface area contributed by atoms with E-state index in [1.165, 1.54) is 11.1 Å². The van der Waals surface area contributed by atoms with Crippen molar-refractivity contribution in [1.82, 2.24) is 15.2 Å². The number of hydrogen-bond donors (Lipinski definition) is 2. The smallest absolute Gasteiger partial charge is 0.260 e. The molecule has 1 aromatic heterocycles. The molecule has 1 atom stereocenters. The van der Waals surface area contributed by atoms with Gasteiger partial charge in [0.25, 0.3) is 11.5 Å². The molecule has 0 aliphatic carbocycles. The van der Waals surface area contributed by atoms with Gasteiger partial charge >= 0.3 is 0 Å². The summed E-state index contributed by atoms with van der Waals surface area (Å²) in [4.78, 5) is 29.1. The van der Waals surface area contributed by atoms with Gasteiger partial charge in [-0.15, -0.1) is 0 Å². The number of aromatic amines is 1. The minimum atomic E-state index is -0.341. The second-order valence-electron chi connectivity index (χ2n) is 6.43.